The minimum atomic E-state index is -0.141. The first-order chi connectivity index (χ1) is 16.2. The van der Waals surface area contributed by atoms with Crippen molar-refractivity contribution in [1.29, 1.82) is 0 Å². The fraction of sp³-hybridized carbons (Fsp3) is 0.548. The largest absolute Gasteiger partial charge is 0.376 e. The quantitative estimate of drug-likeness (QED) is 0.247. The average molecular weight is 464 g/mol. The van der Waals surface area contributed by atoms with Crippen LogP contribution in [0.2, 0.25) is 0 Å². The zero-order valence-corrected chi connectivity index (χ0v) is 22.3. The van der Waals surface area contributed by atoms with Gasteiger partial charge in [0.2, 0.25) is 0 Å². The van der Waals surface area contributed by atoms with Gasteiger partial charge >= 0.3 is 0 Å². The van der Waals surface area contributed by atoms with Crippen molar-refractivity contribution in [3.05, 3.63) is 83.4 Å². The Morgan fingerprint density at radius 2 is 1.53 bits per heavy atom. The minimum Gasteiger partial charge on any atom is -0.376 e. The molecule has 1 aliphatic rings. The number of hydroxylamine groups is 2. The SMILES string of the molecule is CCC1C=CC(COCc2ccc(C(C)ON(C(c3ccccc3)C(C)C)C(C)(C)C)cc2)C1. The van der Waals surface area contributed by atoms with Gasteiger partial charge < -0.3 is 4.74 Å². The molecule has 1 aliphatic carbocycles. The monoisotopic (exact) mass is 463 g/mol. The lowest BCUT2D eigenvalue weighted by Crippen LogP contribution is -2.46. The predicted molar refractivity (Wildman–Crippen MR) is 142 cm³/mol. The molecule has 186 valence electrons. The standard InChI is InChI=1S/C31H45NO2/c1-8-25-14-15-27(20-25)22-33-21-26-16-18-28(19-17-26)24(4)34-32(31(5,6)7)30(23(2)3)29-12-10-9-11-13-29/h9-19,23-25,27,30H,8,20-22H2,1-7H3. The molecule has 0 radical (unpaired) electrons. The summed E-state index contributed by atoms with van der Waals surface area (Å²) in [6.45, 7) is 17.1. The van der Waals surface area contributed by atoms with Crippen molar-refractivity contribution >= 4 is 0 Å². The van der Waals surface area contributed by atoms with Gasteiger partial charge in [-0.15, -0.1) is 0 Å². The molecule has 0 amide bonds. The van der Waals surface area contributed by atoms with Crippen molar-refractivity contribution in [1.82, 2.24) is 5.06 Å². The van der Waals surface area contributed by atoms with Crippen LogP contribution < -0.4 is 0 Å². The minimum absolute atomic E-state index is 0.0474. The molecule has 0 spiro atoms. The Hall–Kier alpha value is -1.94. The van der Waals surface area contributed by atoms with E-state index in [-0.39, 0.29) is 17.7 Å². The molecule has 4 atom stereocenters. The smallest absolute Gasteiger partial charge is 0.102 e. The number of hydrogen-bond donors (Lipinski definition) is 0. The average Bonchev–Trinajstić information content (AvgIpc) is 3.27. The third-order valence-electron chi connectivity index (χ3n) is 6.79. The van der Waals surface area contributed by atoms with Gasteiger partial charge in [-0.2, -0.15) is 5.06 Å². The lowest BCUT2D eigenvalue weighted by atomic mass is 9.92. The molecule has 0 aliphatic heterocycles. The third-order valence-corrected chi connectivity index (χ3v) is 6.79. The summed E-state index contributed by atoms with van der Waals surface area (Å²) in [4.78, 5) is 6.68. The number of allylic oxidation sites excluding steroid dienone is 1. The molecular formula is C31H45NO2. The molecular weight excluding hydrogens is 418 g/mol. The number of rotatable bonds is 11. The maximum Gasteiger partial charge on any atom is 0.102 e. The predicted octanol–water partition coefficient (Wildman–Crippen LogP) is 8.30. The van der Waals surface area contributed by atoms with Crippen LogP contribution in [0.4, 0.5) is 0 Å². The van der Waals surface area contributed by atoms with Crippen molar-refractivity contribution in [3.63, 3.8) is 0 Å². The molecule has 3 nitrogen and oxygen atoms in total. The van der Waals surface area contributed by atoms with Crippen LogP contribution in [0.5, 0.6) is 0 Å². The molecule has 2 aromatic rings. The topological polar surface area (TPSA) is 21.7 Å². The first kappa shape index (κ1) is 26.7. The van der Waals surface area contributed by atoms with Gasteiger partial charge in [0.05, 0.1) is 19.3 Å². The molecule has 0 fully saturated rings. The van der Waals surface area contributed by atoms with Gasteiger partial charge in [0.15, 0.2) is 0 Å². The van der Waals surface area contributed by atoms with Gasteiger partial charge in [0.1, 0.15) is 6.10 Å². The Labute approximate surface area is 208 Å². The maximum atomic E-state index is 6.68. The number of ether oxygens (including phenoxy) is 1. The van der Waals surface area contributed by atoms with Crippen LogP contribution in [0.25, 0.3) is 0 Å². The van der Waals surface area contributed by atoms with Crippen LogP contribution >= 0.6 is 0 Å². The lowest BCUT2D eigenvalue weighted by molar-refractivity contribution is -0.272. The second-order valence-electron chi connectivity index (χ2n) is 11.1. The Kier molecular flexibility index (Phi) is 9.53. The van der Waals surface area contributed by atoms with Gasteiger partial charge in [-0.3, -0.25) is 4.84 Å². The molecule has 3 rings (SSSR count). The summed E-state index contributed by atoms with van der Waals surface area (Å²) in [6, 6.07) is 19.6. The van der Waals surface area contributed by atoms with Gasteiger partial charge in [-0.1, -0.05) is 87.5 Å². The first-order valence-corrected chi connectivity index (χ1v) is 13.0. The summed E-state index contributed by atoms with van der Waals surface area (Å²) < 4.78 is 6.02. The van der Waals surface area contributed by atoms with Crippen molar-refractivity contribution in [3.8, 4) is 0 Å². The summed E-state index contributed by atoms with van der Waals surface area (Å²) in [5, 5.41) is 2.20. The highest BCUT2D eigenvalue weighted by Crippen LogP contribution is 2.37. The van der Waals surface area contributed by atoms with Gasteiger partial charge in [-0.05, 0) is 69.1 Å². The van der Waals surface area contributed by atoms with E-state index in [1.54, 1.807) is 0 Å². The summed E-state index contributed by atoms with van der Waals surface area (Å²) >= 11 is 0. The number of benzene rings is 2. The third kappa shape index (κ3) is 7.28. The number of nitrogens with zero attached hydrogens (tertiary/aromatic N) is 1. The first-order valence-electron chi connectivity index (χ1n) is 13.0. The Morgan fingerprint density at radius 3 is 2.09 bits per heavy atom. The van der Waals surface area contributed by atoms with Crippen molar-refractivity contribution in [2.45, 2.75) is 85.6 Å². The van der Waals surface area contributed by atoms with Crippen LogP contribution in [0.15, 0.2) is 66.7 Å². The summed E-state index contributed by atoms with van der Waals surface area (Å²) in [7, 11) is 0. The molecule has 34 heavy (non-hydrogen) atoms. The highest BCUT2D eigenvalue weighted by Gasteiger charge is 2.34. The Morgan fingerprint density at radius 1 is 0.882 bits per heavy atom. The van der Waals surface area contributed by atoms with E-state index in [0.29, 0.717) is 18.4 Å². The summed E-state index contributed by atoms with van der Waals surface area (Å²) in [6.07, 6.45) is 7.09. The van der Waals surface area contributed by atoms with E-state index >= 15 is 0 Å². The molecule has 0 bridgehead atoms. The maximum absolute atomic E-state index is 6.68. The molecule has 4 unspecified atom stereocenters. The van der Waals surface area contributed by atoms with Crippen molar-refractivity contribution in [2.75, 3.05) is 6.61 Å². The second-order valence-corrected chi connectivity index (χ2v) is 11.1. The van der Waals surface area contributed by atoms with Crippen molar-refractivity contribution in [2.24, 2.45) is 17.8 Å². The van der Waals surface area contributed by atoms with Crippen LogP contribution in [-0.4, -0.2) is 17.2 Å². The van der Waals surface area contributed by atoms with Crippen LogP contribution in [0.1, 0.15) is 90.1 Å². The molecule has 0 saturated carbocycles. The normalized spacial score (nSPS) is 20.3. The van der Waals surface area contributed by atoms with Gasteiger partial charge in [0, 0.05) is 11.5 Å². The lowest BCUT2D eigenvalue weighted by Gasteiger charge is -2.44. The fourth-order valence-corrected chi connectivity index (χ4v) is 4.81. The van der Waals surface area contributed by atoms with E-state index < -0.39 is 0 Å². The molecule has 2 aromatic carbocycles. The van der Waals surface area contributed by atoms with Crippen LogP contribution in [0, 0.1) is 17.8 Å². The Balaban J connectivity index is 1.62. The van der Waals surface area contributed by atoms with E-state index in [2.05, 4.69) is 120 Å². The fourth-order valence-electron chi connectivity index (χ4n) is 4.81. The Bertz CT molecular complexity index is 882. The van der Waals surface area contributed by atoms with E-state index in [4.69, 9.17) is 9.57 Å². The zero-order chi connectivity index (χ0) is 24.7. The summed E-state index contributed by atoms with van der Waals surface area (Å²) in [5.41, 5.74) is 3.53. The van der Waals surface area contributed by atoms with E-state index in [0.717, 1.165) is 12.5 Å². The van der Waals surface area contributed by atoms with Crippen LogP contribution in [-0.2, 0) is 16.2 Å². The molecule has 3 heteroatoms. The van der Waals surface area contributed by atoms with E-state index in [1.165, 1.54) is 29.5 Å². The molecule has 0 heterocycles. The van der Waals surface area contributed by atoms with Crippen LogP contribution in [0.3, 0.4) is 0 Å². The van der Waals surface area contributed by atoms with Gasteiger partial charge in [-0.25, -0.2) is 0 Å². The molecule has 0 saturated heterocycles. The highest BCUT2D eigenvalue weighted by molar-refractivity contribution is 5.24. The van der Waals surface area contributed by atoms with Gasteiger partial charge in [0.25, 0.3) is 0 Å². The number of hydrogen-bond acceptors (Lipinski definition) is 3. The second kappa shape index (κ2) is 12.2. The molecule has 0 aromatic heterocycles. The van der Waals surface area contributed by atoms with E-state index in [9.17, 15) is 0 Å². The molecule has 0 N–H and O–H groups in total. The highest BCUT2D eigenvalue weighted by atomic mass is 16.7. The summed E-state index contributed by atoms with van der Waals surface area (Å²) in [5.74, 6) is 1.72. The van der Waals surface area contributed by atoms with E-state index in [1.807, 2.05) is 0 Å². The van der Waals surface area contributed by atoms with Crippen molar-refractivity contribution < 1.29 is 9.57 Å². The zero-order valence-electron chi connectivity index (χ0n) is 22.3.